The molecule has 2 rings (SSSR count). The number of benzene rings is 1. The number of hydrogen-bond acceptors (Lipinski definition) is 1. The van der Waals surface area contributed by atoms with Gasteiger partial charge in [0, 0.05) is 18.2 Å². The highest BCUT2D eigenvalue weighted by Crippen LogP contribution is 2.14. The van der Waals surface area contributed by atoms with Crippen molar-refractivity contribution in [2.24, 2.45) is 0 Å². The van der Waals surface area contributed by atoms with Crippen molar-refractivity contribution in [3.8, 4) is 0 Å². The van der Waals surface area contributed by atoms with E-state index in [-0.39, 0.29) is 0 Å². The summed E-state index contributed by atoms with van der Waals surface area (Å²) in [5.41, 5.74) is 2.64. The van der Waals surface area contributed by atoms with E-state index < -0.39 is 0 Å². The van der Waals surface area contributed by atoms with Gasteiger partial charge in [-0.1, -0.05) is 17.7 Å². The Kier molecular flexibility index (Phi) is 3.39. The van der Waals surface area contributed by atoms with Crippen molar-refractivity contribution in [1.82, 2.24) is 4.90 Å². The van der Waals surface area contributed by atoms with E-state index in [1.165, 1.54) is 11.3 Å². The number of hydrogen-bond donors (Lipinski definition) is 0. The summed E-state index contributed by atoms with van der Waals surface area (Å²) in [6.07, 6.45) is 2.30. The zero-order valence-electron chi connectivity index (χ0n) is 10.5. The summed E-state index contributed by atoms with van der Waals surface area (Å²) < 4.78 is 2.36. The van der Waals surface area contributed by atoms with Crippen LogP contribution in [0, 0.1) is 6.92 Å². The fourth-order valence-corrected chi connectivity index (χ4v) is 2.06. The minimum atomic E-state index is 0.649. The maximum absolute atomic E-state index is 2.49. The Morgan fingerprint density at radius 3 is 2.38 bits per heavy atom. The van der Waals surface area contributed by atoms with E-state index in [0.29, 0.717) is 6.04 Å². The lowest BCUT2D eigenvalue weighted by Gasteiger charge is -2.26. The first-order valence-corrected chi connectivity index (χ1v) is 6.07. The third-order valence-corrected chi connectivity index (χ3v) is 3.26. The van der Waals surface area contributed by atoms with Crippen molar-refractivity contribution >= 4 is 11.9 Å². The Morgan fingerprint density at radius 1 is 1.19 bits per heavy atom. The second-order valence-corrected chi connectivity index (χ2v) is 4.80. The number of aryl methyl sites for hydroxylation is 1. The van der Waals surface area contributed by atoms with E-state index in [1.54, 1.807) is 0 Å². The molecule has 0 saturated carbocycles. The van der Waals surface area contributed by atoms with Gasteiger partial charge in [-0.15, -0.1) is 0 Å². The molecule has 0 N–H and O–H groups in total. The van der Waals surface area contributed by atoms with Crippen LogP contribution in [0.15, 0.2) is 24.3 Å². The molecule has 1 aliphatic heterocycles. The largest absolute Gasteiger partial charge is 0.285 e. The fourth-order valence-electron chi connectivity index (χ4n) is 2.06. The Bertz CT molecular complexity index is 376. The van der Waals surface area contributed by atoms with E-state index in [0.717, 1.165) is 19.6 Å². The van der Waals surface area contributed by atoms with Crippen molar-refractivity contribution in [2.45, 2.75) is 26.8 Å². The maximum Gasteiger partial charge on any atom is 0.204 e. The van der Waals surface area contributed by atoms with Gasteiger partial charge in [0.05, 0.1) is 13.1 Å². The van der Waals surface area contributed by atoms with Gasteiger partial charge >= 0.3 is 0 Å². The van der Waals surface area contributed by atoms with Crippen LogP contribution in [-0.2, 0) is 0 Å². The number of nitrogens with zero attached hydrogens (tertiary/aromatic N) is 2. The maximum atomic E-state index is 2.49. The molecular weight excluding hydrogens is 196 g/mol. The van der Waals surface area contributed by atoms with Gasteiger partial charge in [-0.25, -0.2) is 4.58 Å². The van der Waals surface area contributed by atoms with Crippen molar-refractivity contribution in [1.29, 1.82) is 0 Å². The normalized spacial score (nSPS) is 17.6. The Hall–Kier alpha value is -1.15. The minimum absolute atomic E-state index is 0.649. The molecule has 0 aliphatic carbocycles. The van der Waals surface area contributed by atoms with Gasteiger partial charge in [0.15, 0.2) is 12.8 Å². The van der Waals surface area contributed by atoms with Gasteiger partial charge in [0.2, 0.25) is 5.69 Å². The summed E-state index contributed by atoms with van der Waals surface area (Å²) in [4.78, 5) is 2.49. The molecule has 0 aromatic heterocycles. The van der Waals surface area contributed by atoms with Crippen LogP contribution in [0.1, 0.15) is 19.4 Å². The molecule has 1 aromatic carbocycles. The van der Waals surface area contributed by atoms with Gasteiger partial charge in [0.25, 0.3) is 0 Å². The monoisotopic (exact) mass is 217 g/mol. The third-order valence-electron chi connectivity index (χ3n) is 3.26. The van der Waals surface area contributed by atoms with Crippen LogP contribution in [0.3, 0.4) is 0 Å². The second kappa shape index (κ2) is 4.79. The molecule has 1 aliphatic rings. The highest BCUT2D eigenvalue weighted by Gasteiger charge is 2.19. The first kappa shape index (κ1) is 11.3. The summed E-state index contributed by atoms with van der Waals surface area (Å²) in [6.45, 7) is 9.96. The van der Waals surface area contributed by atoms with Gasteiger partial charge in [-0.05, 0) is 20.8 Å². The van der Waals surface area contributed by atoms with E-state index in [9.17, 15) is 0 Å². The quantitative estimate of drug-likeness (QED) is 0.690. The van der Waals surface area contributed by atoms with Crippen LogP contribution in [0.2, 0.25) is 0 Å². The molecule has 0 atom stereocenters. The molecule has 2 nitrogen and oxygen atoms in total. The smallest absolute Gasteiger partial charge is 0.204 e. The predicted octanol–water partition coefficient (Wildman–Crippen LogP) is 2.43. The van der Waals surface area contributed by atoms with Crippen molar-refractivity contribution in [3.05, 3.63) is 29.8 Å². The molecule has 16 heavy (non-hydrogen) atoms. The van der Waals surface area contributed by atoms with Gasteiger partial charge in [0.1, 0.15) is 0 Å². The number of rotatable bonds is 2. The first-order valence-electron chi connectivity index (χ1n) is 6.07. The average Bonchev–Trinajstić information content (AvgIpc) is 2.30. The average molecular weight is 217 g/mol. The zero-order valence-corrected chi connectivity index (χ0v) is 10.5. The van der Waals surface area contributed by atoms with Crippen LogP contribution >= 0.6 is 0 Å². The Labute approximate surface area is 98.2 Å². The van der Waals surface area contributed by atoms with Crippen LogP contribution in [0.4, 0.5) is 5.69 Å². The molecule has 0 radical (unpaired) electrons. The van der Waals surface area contributed by atoms with Gasteiger partial charge in [-0.3, -0.25) is 4.90 Å². The minimum Gasteiger partial charge on any atom is -0.285 e. The van der Waals surface area contributed by atoms with Crippen LogP contribution in [-0.4, -0.2) is 41.4 Å². The van der Waals surface area contributed by atoms with Crippen molar-refractivity contribution in [2.75, 3.05) is 19.6 Å². The molecular formula is C14H21N2+. The van der Waals surface area contributed by atoms with E-state index in [2.05, 4.69) is 60.7 Å². The molecule has 0 amide bonds. The fraction of sp³-hybridized carbons (Fsp3) is 0.500. The molecule has 0 saturated heterocycles. The second-order valence-electron chi connectivity index (χ2n) is 4.80. The molecule has 86 valence electrons. The van der Waals surface area contributed by atoms with Crippen LogP contribution in [0.5, 0.6) is 0 Å². The van der Waals surface area contributed by atoms with E-state index in [1.807, 2.05) is 0 Å². The molecule has 0 spiro atoms. The van der Waals surface area contributed by atoms with Gasteiger partial charge < -0.3 is 0 Å². The lowest BCUT2D eigenvalue weighted by molar-refractivity contribution is -0.444. The SMILES string of the molecule is Cc1ccc([N+]2=CCN(C(C)C)CC2)cc1. The topological polar surface area (TPSA) is 6.25 Å². The first-order chi connectivity index (χ1) is 7.66. The summed E-state index contributed by atoms with van der Waals surface area (Å²) in [5.74, 6) is 0. The molecule has 1 aromatic rings. The molecule has 0 bridgehead atoms. The summed E-state index contributed by atoms with van der Waals surface area (Å²) in [7, 11) is 0. The van der Waals surface area contributed by atoms with Crippen molar-refractivity contribution in [3.63, 3.8) is 0 Å². The lowest BCUT2D eigenvalue weighted by atomic mass is 10.2. The Morgan fingerprint density at radius 2 is 1.88 bits per heavy atom. The third kappa shape index (κ3) is 2.50. The zero-order chi connectivity index (χ0) is 11.5. The van der Waals surface area contributed by atoms with Gasteiger partial charge in [-0.2, -0.15) is 0 Å². The molecule has 0 fully saturated rings. The lowest BCUT2D eigenvalue weighted by Crippen LogP contribution is -2.42. The highest BCUT2D eigenvalue weighted by molar-refractivity contribution is 5.57. The van der Waals surface area contributed by atoms with Crippen LogP contribution < -0.4 is 0 Å². The summed E-state index contributed by atoms with van der Waals surface area (Å²) in [6, 6.07) is 9.42. The molecule has 0 unspecified atom stereocenters. The van der Waals surface area contributed by atoms with Crippen molar-refractivity contribution < 1.29 is 4.58 Å². The predicted molar refractivity (Wildman–Crippen MR) is 68.7 cm³/mol. The molecule has 2 heteroatoms. The standard InChI is InChI=1S/C14H21N2/c1-12(2)15-8-10-16(11-9-15)14-6-4-13(3)5-7-14/h4-7,10,12H,8-9,11H2,1-3H3/q+1. The van der Waals surface area contributed by atoms with Crippen LogP contribution in [0.25, 0.3) is 0 Å². The van der Waals surface area contributed by atoms with E-state index in [4.69, 9.17) is 0 Å². The van der Waals surface area contributed by atoms with E-state index >= 15 is 0 Å². The Balaban J connectivity index is 2.10. The summed E-state index contributed by atoms with van der Waals surface area (Å²) in [5, 5.41) is 0. The molecule has 1 heterocycles. The summed E-state index contributed by atoms with van der Waals surface area (Å²) >= 11 is 0. The highest BCUT2D eigenvalue weighted by atomic mass is 15.2.